The van der Waals surface area contributed by atoms with Gasteiger partial charge in [-0.05, 0) is 35.0 Å². The maximum absolute atomic E-state index is 11.6. The third kappa shape index (κ3) is 4.43. The summed E-state index contributed by atoms with van der Waals surface area (Å²) in [4.78, 5) is 23.1. The molecule has 0 aliphatic heterocycles. The summed E-state index contributed by atoms with van der Waals surface area (Å²) >= 11 is 7.07. The summed E-state index contributed by atoms with van der Waals surface area (Å²) in [6.45, 7) is 2.07. The van der Waals surface area contributed by atoms with Gasteiger partial charge in [0.05, 0.1) is 0 Å². The van der Waals surface area contributed by atoms with Crippen molar-refractivity contribution in [2.75, 3.05) is 12.3 Å². The van der Waals surface area contributed by atoms with Crippen molar-refractivity contribution in [1.29, 1.82) is 0 Å². The van der Waals surface area contributed by atoms with Crippen molar-refractivity contribution in [2.45, 2.75) is 13.0 Å². The Kier molecular flexibility index (Phi) is 5.57. The zero-order valence-corrected chi connectivity index (χ0v) is 11.7. The van der Waals surface area contributed by atoms with Crippen molar-refractivity contribution in [1.82, 2.24) is 10.6 Å². The van der Waals surface area contributed by atoms with Crippen LogP contribution in [0.5, 0.6) is 0 Å². The standard InChI is InChI=1S/C10H13BrN2O3S/c1-6(9(14)12-4-5-17)13-10(15)7-2-3-8(11)16-7/h2-3,6,17H,4-5H2,1H3,(H,12,14)(H,13,15). The molecule has 0 saturated carbocycles. The van der Waals surface area contributed by atoms with E-state index in [0.717, 1.165) is 0 Å². The molecule has 0 aromatic carbocycles. The van der Waals surface area contributed by atoms with E-state index in [1.165, 1.54) is 6.07 Å². The smallest absolute Gasteiger partial charge is 0.287 e. The Bertz CT molecular complexity index is 408. The average molecular weight is 321 g/mol. The average Bonchev–Trinajstić information content (AvgIpc) is 2.72. The van der Waals surface area contributed by atoms with E-state index >= 15 is 0 Å². The minimum Gasteiger partial charge on any atom is -0.444 e. The normalized spacial score (nSPS) is 11.9. The summed E-state index contributed by atoms with van der Waals surface area (Å²) in [5.41, 5.74) is 0. The van der Waals surface area contributed by atoms with Crippen LogP contribution in [-0.2, 0) is 4.79 Å². The molecule has 0 bridgehead atoms. The van der Waals surface area contributed by atoms with Gasteiger partial charge in [0.2, 0.25) is 5.91 Å². The van der Waals surface area contributed by atoms with Crippen LogP contribution in [0.15, 0.2) is 21.2 Å². The summed E-state index contributed by atoms with van der Waals surface area (Å²) in [5.74, 6) is 0.0327. The second-order valence-electron chi connectivity index (χ2n) is 3.31. The van der Waals surface area contributed by atoms with Gasteiger partial charge in [-0.2, -0.15) is 12.6 Å². The van der Waals surface area contributed by atoms with Crippen LogP contribution < -0.4 is 10.6 Å². The molecule has 0 radical (unpaired) electrons. The number of hydrogen-bond acceptors (Lipinski definition) is 4. The summed E-state index contributed by atoms with van der Waals surface area (Å²) in [5, 5.41) is 5.15. The van der Waals surface area contributed by atoms with E-state index in [1.54, 1.807) is 13.0 Å². The molecule has 1 rings (SSSR count). The number of carbonyl (C=O) groups excluding carboxylic acids is 2. The highest BCUT2D eigenvalue weighted by Crippen LogP contribution is 2.13. The van der Waals surface area contributed by atoms with Gasteiger partial charge in [0.25, 0.3) is 5.91 Å². The first-order chi connectivity index (χ1) is 8.04. The van der Waals surface area contributed by atoms with Gasteiger partial charge in [0.15, 0.2) is 10.4 Å². The molecule has 0 aliphatic rings. The molecule has 0 spiro atoms. The fraction of sp³-hybridized carbons (Fsp3) is 0.400. The van der Waals surface area contributed by atoms with Gasteiger partial charge in [-0.15, -0.1) is 0 Å². The SMILES string of the molecule is CC(NC(=O)c1ccc(Br)o1)C(=O)NCCS. The monoisotopic (exact) mass is 320 g/mol. The lowest BCUT2D eigenvalue weighted by Gasteiger charge is -2.12. The molecule has 1 aromatic rings. The van der Waals surface area contributed by atoms with Crippen molar-refractivity contribution in [3.8, 4) is 0 Å². The van der Waals surface area contributed by atoms with E-state index in [4.69, 9.17) is 4.42 Å². The van der Waals surface area contributed by atoms with Crippen LogP contribution in [0.4, 0.5) is 0 Å². The number of thiol groups is 1. The van der Waals surface area contributed by atoms with Gasteiger partial charge in [0.1, 0.15) is 6.04 Å². The number of furan rings is 1. The highest BCUT2D eigenvalue weighted by Gasteiger charge is 2.17. The third-order valence-corrected chi connectivity index (χ3v) is 2.60. The Morgan fingerprint density at radius 3 is 2.76 bits per heavy atom. The van der Waals surface area contributed by atoms with E-state index in [1.807, 2.05) is 0 Å². The van der Waals surface area contributed by atoms with E-state index in [9.17, 15) is 9.59 Å². The zero-order chi connectivity index (χ0) is 12.8. The maximum Gasteiger partial charge on any atom is 0.287 e. The van der Waals surface area contributed by atoms with Crippen LogP contribution in [0.25, 0.3) is 0 Å². The Morgan fingerprint density at radius 1 is 1.53 bits per heavy atom. The van der Waals surface area contributed by atoms with Gasteiger partial charge in [-0.25, -0.2) is 0 Å². The summed E-state index contributed by atoms with van der Waals surface area (Å²) in [6.07, 6.45) is 0. The first-order valence-electron chi connectivity index (χ1n) is 4.99. The van der Waals surface area contributed by atoms with Crippen LogP contribution in [0.3, 0.4) is 0 Å². The van der Waals surface area contributed by atoms with Crippen molar-refractivity contribution in [3.05, 3.63) is 22.6 Å². The summed E-state index contributed by atoms with van der Waals surface area (Å²) in [7, 11) is 0. The number of carbonyl (C=O) groups is 2. The number of hydrogen-bond donors (Lipinski definition) is 3. The minimum absolute atomic E-state index is 0.158. The molecule has 94 valence electrons. The molecule has 1 unspecified atom stereocenters. The van der Waals surface area contributed by atoms with E-state index < -0.39 is 11.9 Å². The number of halogens is 1. The van der Waals surface area contributed by atoms with Gasteiger partial charge < -0.3 is 15.1 Å². The van der Waals surface area contributed by atoms with E-state index in [0.29, 0.717) is 17.0 Å². The highest BCUT2D eigenvalue weighted by atomic mass is 79.9. The molecule has 7 heteroatoms. The Balaban J connectivity index is 2.48. The van der Waals surface area contributed by atoms with Gasteiger partial charge in [0, 0.05) is 12.3 Å². The molecule has 1 aromatic heterocycles. The van der Waals surface area contributed by atoms with Gasteiger partial charge in [-0.1, -0.05) is 0 Å². The molecular formula is C10H13BrN2O3S. The minimum atomic E-state index is -0.619. The number of nitrogens with one attached hydrogen (secondary N) is 2. The molecule has 17 heavy (non-hydrogen) atoms. The predicted molar refractivity (Wildman–Crippen MR) is 70.2 cm³/mol. The Hall–Kier alpha value is -0.950. The molecule has 0 fully saturated rings. The van der Waals surface area contributed by atoms with Gasteiger partial charge in [-0.3, -0.25) is 9.59 Å². The predicted octanol–water partition coefficient (Wildman–Crippen LogP) is 1.21. The molecular weight excluding hydrogens is 308 g/mol. The lowest BCUT2D eigenvalue weighted by molar-refractivity contribution is -0.122. The first-order valence-corrected chi connectivity index (χ1v) is 6.42. The van der Waals surface area contributed by atoms with Crippen LogP contribution in [0.2, 0.25) is 0 Å². The van der Waals surface area contributed by atoms with E-state index in [-0.39, 0.29) is 11.7 Å². The molecule has 5 nitrogen and oxygen atoms in total. The van der Waals surface area contributed by atoms with Crippen LogP contribution in [0, 0.1) is 0 Å². The second kappa shape index (κ2) is 6.70. The van der Waals surface area contributed by atoms with Gasteiger partial charge >= 0.3 is 0 Å². The molecule has 2 amide bonds. The van der Waals surface area contributed by atoms with Crippen LogP contribution in [-0.4, -0.2) is 30.2 Å². The summed E-state index contributed by atoms with van der Waals surface area (Å²) in [6, 6.07) is 2.52. The molecule has 0 aliphatic carbocycles. The number of amides is 2. The van der Waals surface area contributed by atoms with Crippen molar-refractivity contribution < 1.29 is 14.0 Å². The quantitative estimate of drug-likeness (QED) is 0.714. The van der Waals surface area contributed by atoms with Crippen molar-refractivity contribution in [2.24, 2.45) is 0 Å². The lowest BCUT2D eigenvalue weighted by atomic mass is 10.3. The van der Waals surface area contributed by atoms with Crippen molar-refractivity contribution in [3.63, 3.8) is 0 Å². The zero-order valence-electron chi connectivity index (χ0n) is 9.20. The fourth-order valence-corrected chi connectivity index (χ4v) is 1.52. The first kappa shape index (κ1) is 14.1. The highest BCUT2D eigenvalue weighted by molar-refractivity contribution is 9.10. The Morgan fingerprint density at radius 2 is 2.24 bits per heavy atom. The topological polar surface area (TPSA) is 71.3 Å². The lowest BCUT2D eigenvalue weighted by Crippen LogP contribution is -2.45. The Labute approximate surface area is 113 Å². The van der Waals surface area contributed by atoms with E-state index in [2.05, 4.69) is 39.2 Å². The second-order valence-corrected chi connectivity index (χ2v) is 4.54. The van der Waals surface area contributed by atoms with Crippen LogP contribution in [0.1, 0.15) is 17.5 Å². The molecule has 0 saturated heterocycles. The van der Waals surface area contributed by atoms with Crippen LogP contribution >= 0.6 is 28.6 Å². The number of rotatable bonds is 5. The molecule has 1 atom stereocenters. The summed E-state index contributed by atoms with van der Waals surface area (Å²) < 4.78 is 5.54. The fourth-order valence-electron chi connectivity index (χ4n) is 1.10. The molecule has 1 heterocycles. The maximum atomic E-state index is 11.6. The largest absolute Gasteiger partial charge is 0.444 e. The third-order valence-electron chi connectivity index (χ3n) is 1.95. The molecule has 2 N–H and O–H groups in total. The van der Waals surface area contributed by atoms with Crippen molar-refractivity contribution >= 4 is 40.4 Å².